The quantitative estimate of drug-likeness (QED) is 0.628. The first kappa shape index (κ1) is 11.0. The average molecular weight is 199 g/mol. The van der Waals surface area contributed by atoms with Crippen molar-refractivity contribution in [3.63, 3.8) is 0 Å². The summed E-state index contributed by atoms with van der Waals surface area (Å²) in [5, 5.41) is 0. The fraction of sp³-hybridized carbons (Fsp3) is 0.700. The van der Waals surface area contributed by atoms with Crippen molar-refractivity contribution in [1.82, 2.24) is 0 Å². The van der Waals surface area contributed by atoms with Gasteiger partial charge in [-0.2, -0.15) is 0 Å². The first-order valence-corrected chi connectivity index (χ1v) is 4.75. The molecule has 1 rings (SSSR count). The van der Waals surface area contributed by atoms with E-state index in [0.717, 1.165) is 12.8 Å². The minimum Gasteiger partial charge on any atom is -0.462 e. The molecule has 0 aromatic carbocycles. The van der Waals surface area contributed by atoms with E-state index in [-0.39, 0.29) is 24.1 Å². The van der Waals surface area contributed by atoms with E-state index >= 15 is 0 Å². The second kappa shape index (κ2) is 4.98. The number of carbonyl (C=O) groups excluding carboxylic acids is 2. The summed E-state index contributed by atoms with van der Waals surface area (Å²) < 4.78 is 10.1. The second-order valence-corrected chi connectivity index (χ2v) is 3.43. The number of carbonyl (C=O) groups is 2. The molecule has 0 N–H and O–H groups in total. The van der Waals surface area contributed by atoms with Crippen LogP contribution in [0.2, 0.25) is 0 Å². The topological polar surface area (TPSA) is 52.6 Å². The van der Waals surface area contributed by atoms with Crippen LogP contribution in [0.3, 0.4) is 0 Å². The molecule has 1 radical (unpaired) electrons. The maximum atomic E-state index is 10.7. The summed E-state index contributed by atoms with van der Waals surface area (Å²) in [4.78, 5) is 21.4. The molecule has 2 atom stereocenters. The maximum absolute atomic E-state index is 10.7. The third-order valence-electron chi connectivity index (χ3n) is 2.06. The largest absolute Gasteiger partial charge is 0.462 e. The summed E-state index contributed by atoms with van der Waals surface area (Å²) in [6.45, 7) is 2.77. The predicted molar refractivity (Wildman–Crippen MR) is 49.3 cm³/mol. The Hall–Kier alpha value is -1.06. The zero-order valence-electron chi connectivity index (χ0n) is 8.49. The molecule has 1 aliphatic carbocycles. The lowest BCUT2D eigenvalue weighted by atomic mass is 9.95. The lowest BCUT2D eigenvalue weighted by molar-refractivity contribution is -0.153. The van der Waals surface area contributed by atoms with E-state index < -0.39 is 0 Å². The van der Waals surface area contributed by atoms with Crippen LogP contribution in [0.4, 0.5) is 0 Å². The maximum Gasteiger partial charge on any atom is 0.302 e. The van der Waals surface area contributed by atoms with Crippen molar-refractivity contribution in [2.45, 2.75) is 45.3 Å². The molecule has 4 nitrogen and oxygen atoms in total. The van der Waals surface area contributed by atoms with Crippen LogP contribution in [-0.2, 0) is 19.1 Å². The fourth-order valence-electron chi connectivity index (χ4n) is 1.59. The first-order valence-electron chi connectivity index (χ1n) is 4.75. The summed E-state index contributed by atoms with van der Waals surface area (Å²) in [6, 6.07) is 0. The van der Waals surface area contributed by atoms with Crippen LogP contribution in [0.1, 0.15) is 33.1 Å². The van der Waals surface area contributed by atoms with Crippen molar-refractivity contribution in [1.29, 1.82) is 0 Å². The van der Waals surface area contributed by atoms with Crippen LogP contribution >= 0.6 is 0 Å². The Balaban J connectivity index is 2.35. The Morgan fingerprint density at radius 3 is 2.43 bits per heavy atom. The van der Waals surface area contributed by atoms with Crippen LogP contribution in [0.5, 0.6) is 0 Å². The molecule has 0 aliphatic heterocycles. The van der Waals surface area contributed by atoms with Gasteiger partial charge in [0, 0.05) is 26.7 Å². The molecule has 1 saturated carbocycles. The van der Waals surface area contributed by atoms with Crippen LogP contribution in [0.25, 0.3) is 0 Å². The summed E-state index contributed by atoms with van der Waals surface area (Å²) >= 11 is 0. The van der Waals surface area contributed by atoms with Gasteiger partial charge in [0.15, 0.2) is 0 Å². The van der Waals surface area contributed by atoms with Gasteiger partial charge in [0.25, 0.3) is 0 Å². The van der Waals surface area contributed by atoms with Gasteiger partial charge in [-0.3, -0.25) is 9.59 Å². The zero-order chi connectivity index (χ0) is 10.6. The van der Waals surface area contributed by atoms with Gasteiger partial charge in [-0.25, -0.2) is 0 Å². The highest BCUT2D eigenvalue weighted by Gasteiger charge is 2.25. The van der Waals surface area contributed by atoms with E-state index in [1.807, 2.05) is 6.42 Å². The summed E-state index contributed by atoms with van der Waals surface area (Å²) in [5.74, 6) is -0.576. The van der Waals surface area contributed by atoms with Crippen molar-refractivity contribution < 1.29 is 19.1 Å². The molecule has 0 saturated heterocycles. The summed E-state index contributed by atoms with van der Waals surface area (Å²) in [7, 11) is 0. The Labute approximate surface area is 83.6 Å². The molecule has 0 bridgehead atoms. The minimum atomic E-state index is -0.297. The lowest BCUT2D eigenvalue weighted by Gasteiger charge is -2.27. The number of hydrogen-bond acceptors (Lipinski definition) is 4. The van der Waals surface area contributed by atoms with Crippen LogP contribution in [-0.4, -0.2) is 24.1 Å². The van der Waals surface area contributed by atoms with Crippen molar-refractivity contribution in [3.8, 4) is 0 Å². The Morgan fingerprint density at radius 1 is 1.21 bits per heavy atom. The van der Waals surface area contributed by atoms with E-state index in [2.05, 4.69) is 0 Å². The van der Waals surface area contributed by atoms with Gasteiger partial charge in [-0.05, 0) is 12.8 Å². The molecule has 14 heavy (non-hydrogen) atoms. The van der Waals surface area contributed by atoms with Gasteiger partial charge >= 0.3 is 11.9 Å². The third-order valence-corrected chi connectivity index (χ3v) is 2.06. The van der Waals surface area contributed by atoms with E-state index in [4.69, 9.17) is 9.47 Å². The second-order valence-electron chi connectivity index (χ2n) is 3.43. The third kappa shape index (κ3) is 3.77. The zero-order valence-corrected chi connectivity index (χ0v) is 8.49. The van der Waals surface area contributed by atoms with Gasteiger partial charge in [-0.1, -0.05) is 0 Å². The van der Waals surface area contributed by atoms with Gasteiger partial charge < -0.3 is 9.47 Å². The summed E-state index contributed by atoms with van der Waals surface area (Å²) in [5.41, 5.74) is 0. The monoisotopic (exact) mass is 199 g/mol. The van der Waals surface area contributed by atoms with Gasteiger partial charge in [0.1, 0.15) is 12.2 Å². The molecule has 2 unspecified atom stereocenters. The van der Waals surface area contributed by atoms with Gasteiger partial charge in [-0.15, -0.1) is 0 Å². The van der Waals surface area contributed by atoms with E-state index in [1.165, 1.54) is 13.8 Å². The molecule has 79 valence electrons. The molecule has 0 aromatic rings. The van der Waals surface area contributed by atoms with E-state index in [9.17, 15) is 9.59 Å². The standard InChI is InChI=1S/C10H15O4/c1-7(11)13-9-4-3-5-10(6-9)14-8(2)12/h4,9-10H,3,5-6H2,1-2H3. The SMILES string of the molecule is CC(=O)OC1[CH]CCC(OC(C)=O)C1. The molecular weight excluding hydrogens is 184 g/mol. The van der Waals surface area contributed by atoms with E-state index in [1.54, 1.807) is 0 Å². The fourth-order valence-corrected chi connectivity index (χ4v) is 1.59. The number of esters is 2. The minimum absolute atomic E-state index is 0.109. The lowest BCUT2D eigenvalue weighted by Crippen LogP contribution is -2.30. The molecule has 0 heterocycles. The summed E-state index contributed by atoms with van der Waals surface area (Å²) in [6.07, 6.45) is 3.85. The van der Waals surface area contributed by atoms with Crippen LogP contribution in [0.15, 0.2) is 0 Å². The van der Waals surface area contributed by atoms with Crippen molar-refractivity contribution in [3.05, 3.63) is 6.42 Å². The number of rotatable bonds is 2. The Morgan fingerprint density at radius 2 is 1.86 bits per heavy atom. The highest BCUT2D eigenvalue weighted by atomic mass is 16.6. The molecule has 0 amide bonds. The highest BCUT2D eigenvalue weighted by Crippen LogP contribution is 2.22. The number of hydrogen-bond donors (Lipinski definition) is 0. The van der Waals surface area contributed by atoms with Crippen molar-refractivity contribution in [2.75, 3.05) is 0 Å². The van der Waals surface area contributed by atoms with Gasteiger partial charge in [0.2, 0.25) is 0 Å². The van der Waals surface area contributed by atoms with Crippen molar-refractivity contribution >= 4 is 11.9 Å². The molecule has 0 aromatic heterocycles. The van der Waals surface area contributed by atoms with Crippen LogP contribution in [0, 0.1) is 6.42 Å². The van der Waals surface area contributed by atoms with E-state index in [0.29, 0.717) is 6.42 Å². The Bertz CT molecular complexity index is 202. The predicted octanol–water partition coefficient (Wildman–Crippen LogP) is 1.24. The first-order chi connectivity index (χ1) is 6.58. The normalized spacial score (nSPS) is 26.7. The molecule has 1 aliphatic rings. The molecule has 0 spiro atoms. The Kier molecular flexibility index (Phi) is 3.92. The highest BCUT2D eigenvalue weighted by molar-refractivity contribution is 5.66. The van der Waals surface area contributed by atoms with Gasteiger partial charge in [0.05, 0.1) is 0 Å². The average Bonchev–Trinajstić information content (AvgIpc) is 2.01. The van der Waals surface area contributed by atoms with Crippen LogP contribution < -0.4 is 0 Å². The molecule has 4 heteroatoms. The molecule has 1 fully saturated rings. The van der Waals surface area contributed by atoms with Crippen molar-refractivity contribution in [2.24, 2.45) is 0 Å². The molecular formula is C10H15O4. The number of ether oxygens (including phenoxy) is 2. The smallest absolute Gasteiger partial charge is 0.302 e.